The summed E-state index contributed by atoms with van der Waals surface area (Å²) in [7, 11) is 0. The molecule has 1 saturated heterocycles. The Morgan fingerprint density at radius 2 is 1.95 bits per heavy atom. The molecule has 2 fully saturated rings. The van der Waals surface area contributed by atoms with Crippen LogP contribution < -0.4 is 5.32 Å². The first-order valence-electron chi connectivity index (χ1n) is 8.40. The van der Waals surface area contributed by atoms with Gasteiger partial charge in [-0.05, 0) is 59.9 Å². The normalized spacial score (nSPS) is 29.4. The minimum Gasteiger partial charge on any atom is -0.350 e. The fraction of sp³-hybridized carbons (Fsp3) is 0.882. The first-order chi connectivity index (χ1) is 9.79. The van der Waals surface area contributed by atoms with Gasteiger partial charge in [-0.1, -0.05) is 6.42 Å². The van der Waals surface area contributed by atoms with E-state index in [1.165, 1.54) is 6.42 Å². The number of nitrogens with one attached hydrogen (secondary N) is 1. The lowest BCUT2D eigenvalue weighted by Crippen LogP contribution is -2.56. The summed E-state index contributed by atoms with van der Waals surface area (Å²) in [4.78, 5) is 26.9. The lowest BCUT2D eigenvalue weighted by atomic mass is 9.87. The maximum Gasteiger partial charge on any atom is 0.237 e. The number of ketones is 1. The molecule has 4 nitrogen and oxygen atoms in total. The maximum atomic E-state index is 12.5. The van der Waals surface area contributed by atoms with Gasteiger partial charge in [-0.2, -0.15) is 0 Å². The second-order valence-corrected chi connectivity index (χ2v) is 7.68. The van der Waals surface area contributed by atoms with Crippen molar-refractivity contribution in [2.24, 2.45) is 5.92 Å². The van der Waals surface area contributed by atoms with Gasteiger partial charge < -0.3 is 5.32 Å². The Hall–Kier alpha value is -0.900. The molecular formula is C17H30N2O2. The van der Waals surface area contributed by atoms with Crippen LogP contribution in [0.2, 0.25) is 0 Å². The van der Waals surface area contributed by atoms with Crippen molar-refractivity contribution in [1.82, 2.24) is 10.2 Å². The fourth-order valence-corrected chi connectivity index (χ4v) is 3.77. The van der Waals surface area contributed by atoms with E-state index in [4.69, 9.17) is 0 Å². The number of carbonyl (C=O) groups excluding carboxylic acids is 2. The van der Waals surface area contributed by atoms with E-state index in [-0.39, 0.29) is 29.4 Å². The van der Waals surface area contributed by atoms with E-state index >= 15 is 0 Å². The Morgan fingerprint density at radius 1 is 1.24 bits per heavy atom. The molecule has 21 heavy (non-hydrogen) atoms. The van der Waals surface area contributed by atoms with Crippen molar-refractivity contribution >= 4 is 11.7 Å². The van der Waals surface area contributed by atoms with Gasteiger partial charge in [0.25, 0.3) is 0 Å². The molecule has 1 heterocycles. The van der Waals surface area contributed by atoms with E-state index in [0.717, 1.165) is 38.6 Å². The molecule has 1 N–H and O–H groups in total. The number of hydrogen-bond donors (Lipinski definition) is 1. The lowest BCUT2D eigenvalue weighted by molar-refractivity contribution is -0.132. The smallest absolute Gasteiger partial charge is 0.237 e. The second kappa shape index (κ2) is 6.47. The molecule has 1 amide bonds. The summed E-state index contributed by atoms with van der Waals surface area (Å²) < 4.78 is 0. The van der Waals surface area contributed by atoms with E-state index in [1.54, 1.807) is 0 Å². The molecule has 120 valence electrons. The third kappa shape index (κ3) is 4.06. The zero-order valence-electron chi connectivity index (χ0n) is 13.9. The molecule has 2 rings (SSSR count). The van der Waals surface area contributed by atoms with Crippen LogP contribution in [0.25, 0.3) is 0 Å². The van der Waals surface area contributed by atoms with Gasteiger partial charge in [-0.15, -0.1) is 0 Å². The van der Waals surface area contributed by atoms with Crippen molar-refractivity contribution in [3.63, 3.8) is 0 Å². The number of likely N-dealkylation sites (tertiary alicyclic amines) is 1. The predicted molar refractivity (Wildman–Crippen MR) is 84.1 cm³/mol. The van der Waals surface area contributed by atoms with Crippen molar-refractivity contribution in [2.45, 2.75) is 83.8 Å². The molecule has 0 aromatic rings. The Bertz CT molecular complexity index is 400. The minimum absolute atomic E-state index is 0.0832. The summed E-state index contributed by atoms with van der Waals surface area (Å²) in [5.74, 6) is 0.658. The van der Waals surface area contributed by atoms with Crippen molar-refractivity contribution in [3.05, 3.63) is 0 Å². The van der Waals surface area contributed by atoms with E-state index in [1.807, 2.05) is 27.7 Å². The van der Waals surface area contributed by atoms with E-state index in [9.17, 15) is 9.59 Å². The molecular weight excluding hydrogens is 264 g/mol. The summed E-state index contributed by atoms with van der Waals surface area (Å²) in [6, 6.07) is 0.123. The molecule has 3 unspecified atom stereocenters. The van der Waals surface area contributed by atoms with Crippen LogP contribution in [0.15, 0.2) is 0 Å². The molecule has 0 bridgehead atoms. The Labute approximate surface area is 128 Å². The average Bonchev–Trinajstić information content (AvgIpc) is 2.82. The van der Waals surface area contributed by atoms with Gasteiger partial charge in [0.2, 0.25) is 5.91 Å². The summed E-state index contributed by atoms with van der Waals surface area (Å²) >= 11 is 0. The van der Waals surface area contributed by atoms with Crippen LogP contribution in [0.1, 0.15) is 66.2 Å². The van der Waals surface area contributed by atoms with Gasteiger partial charge in [-0.3, -0.25) is 14.5 Å². The van der Waals surface area contributed by atoms with Crippen molar-refractivity contribution in [1.29, 1.82) is 0 Å². The number of rotatable bonds is 3. The van der Waals surface area contributed by atoms with E-state index in [0.29, 0.717) is 5.78 Å². The molecule has 0 aromatic heterocycles. The molecule has 0 spiro atoms. The second-order valence-electron chi connectivity index (χ2n) is 7.68. The van der Waals surface area contributed by atoms with Crippen LogP contribution >= 0.6 is 0 Å². The van der Waals surface area contributed by atoms with Crippen molar-refractivity contribution in [2.75, 3.05) is 6.54 Å². The topological polar surface area (TPSA) is 49.4 Å². The number of Topliss-reactive ketones (excluding diaryl/α,β-unsaturated/α-hetero) is 1. The largest absolute Gasteiger partial charge is 0.350 e. The highest BCUT2D eigenvalue weighted by Crippen LogP contribution is 2.33. The number of carbonyl (C=O) groups is 2. The van der Waals surface area contributed by atoms with Gasteiger partial charge in [0.15, 0.2) is 0 Å². The molecule has 4 heteroatoms. The first kappa shape index (κ1) is 16.5. The van der Waals surface area contributed by atoms with E-state index in [2.05, 4.69) is 10.2 Å². The summed E-state index contributed by atoms with van der Waals surface area (Å²) in [6.45, 7) is 8.94. The highest BCUT2D eigenvalue weighted by atomic mass is 16.2. The average molecular weight is 294 g/mol. The minimum atomic E-state index is -0.209. The van der Waals surface area contributed by atoms with Crippen molar-refractivity contribution < 1.29 is 9.59 Å². The molecule has 2 aliphatic rings. The fourth-order valence-electron chi connectivity index (χ4n) is 3.77. The molecule has 1 saturated carbocycles. The quantitative estimate of drug-likeness (QED) is 0.870. The summed E-state index contributed by atoms with van der Waals surface area (Å²) in [5.41, 5.74) is -0.209. The van der Waals surface area contributed by atoms with Crippen LogP contribution in [0, 0.1) is 5.92 Å². The number of nitrogens with zero attached hydrogens (tertiary/aromatic N) is 1. The molecule has 3 atom stereocenters. The Balaban J connectivity index is 2.07. The van der Waals surface area contributed by atoms with Gasteiger partial charge in [0.1, 0.15) is 5.78 Å². The van der Waals surface area contributed by atoms with E-state index < -0.39 is 0 Å². The standard InChI is InChI=1S/C17H30N2O2/c1-12(16(21)18-17(2,3)4)19-11-6-5-9-14(19)13-8-7-10-15(13)20/h12-14H,5-11H2,1-4H3,(H,18,21). The third-order valence-electron chi connectivity index (χ3n) is 4.78. The Kier molecular flexibility index (Phi) is 5.07. The highest BCUT2D eigenvalue weighted by molar-refractivity contribution is 5.84. The molecule has 0 aromatic carbocycles. The number of hydrogen-bond acceptors (Lipinski definition) is 3. The van der Waals surface area contributed by atoms with Gasteiger partial charge >= 0.3 is 0 Å². The summed E-state index contributed by atoms with van der Waals surface area (Å²) in [5, 5.41) is 3.07. The van der Waals surface area contributed by atoms with Crippen LogP contribution in [0.4, 0.5) is 0 Å². The van der Waals surface area contributed by atoms with Crippen LogP contribution in [-0.2, 0) is 9.59 Å². The zero-order valence-corrected chi connectivity index (χ0v) is 13.9. The molecule has 0 radical (unpaired) electrons. The van der Waals surface area contributed by atoms with Crippen LogP contribution in [-0.4, -0.2) is 40.8 Å². The van der Waals surface area contributed by atoms with Gasteiger partial charge in [0.05, 0.1) is 6.04 Å². The number of piperidine rings is 1. The molecule has 1 aliphatic heterocycles. The zero-order chi connectivity index (χ0) is 15.6. The van der Waals surface area contributed by atoms with Gasteiger partial charge in [-0.25, -0.2) is 0 Å². The van der Waals surface area contributed by atoms with Crippen LogP contribution in [0.5, 0.6) is 0 Å². The van der Waals surface area contributed by atoms with Gasteiger partial charge in [0, 0.05) is 23.9 Å². The lowest BCUT2D eigenvalue weighted by Gasteiger charge is -2.42. The predicted octanol–water partition coefficient (Wildman–Crippen LogP) is 2.51. The molecule has 1 aliphatic carbocycles. The monoisotopic (exact) mass is 294 g/mol. The number of amides is 1. The van der Waals surface area contributed by atoms with Crippen LogP contribution in [0.3, 0.4) is 0 Å². The highest BCUT2D eigenvalue weighted by Gasteiger charge is 2.40. The SMILES string of the molecule is CC(C(=O)NC(C)(C)C)N1CCCCC1C1CCCC1=O. The Morgan fingerprint density at radius 3 is 2.52 bits per heavy atom. The first-order valence-corrected chi connectivity index (χ1v) is 8.40. The summed E-state index contributed by atoms with van der Waals surface area (Å²) in [6.07, 6.45) is 6.13. The van der Waals surface area contributed by atoms with Crippen molar-refractivity contribution in [3.8, 4) is 0 Å². The third-order valence-corrected chi connectivity index (χ3v) is 4.78. The maximum absolute atomic E-state index is 12.5.